The quantitative estimate of drug-likeness (QED) is 0.202. The lowest BCUT2D eigenvalue weighted by Crippen LogP contribution is -2.38. The van der Waals surface area contributed by atoms with Crippen molar-refractivity contribution in [2.75, 3.05) is 39.3 Å². The zero-order valence-corrected chi connectivity index (χ0v) is 27.7. The number of aryl methyl sites for hydroxylation is 1. The number of aromatic nitrogens is 1. The third-order valence-corrected chi connectivity index (χ3v) is 7.84. The molecule has 0 radical (unpaired) electrons. The van der Waals surface area contributed by atoms with Gasteiger partial charge in [0.15, 0.2) is 0 Å². The SMILES string of the molecule is CCN(CC)CCNC(=O)c1c(C)[nH]c(/C=C2/SC(=Nc3cccc(F)c3)C(C(=O)NCCNC(=O)OC(C)(C)C)=C2O)c1C. The van der Waals surface area contributed by atoms with Crippen molar-refractivity contribution in [3.8, 4) is 0 Å². The lowest BCUT2D eigenvalue weighted by Gasteiger charge is -2.19. The van der Waals surface area contributed by atoms with E-state index in [4.69, 9.17) is 4.74 Å². The first-order valence-electron chi connectivity index (χ1n) is 14.9. The van der Waals surface area contributed by atoms with Crippen LogP contribution in [0.4, 0.5) is 14.9 Å². The van der Waals surface area contributed by atoms with Gasteiger partial charge in [-0.15, -0.1) is 0 Å². The molecule has 3 rings (SSSR count). The number of alkyl carbamates (subject to hydrolysis) is 1. The highest BCUT2D eigenvalue weighted by molar-refractivity contribution is 8.18. The van der Waals surface area contributed by atoms with E-state index in [0.29, 0.717) is 34.0 Å². The Morgan fingerprint density at radius 3 is 2.38 bits per heavy atom. The van der Waals surface area contributed by atoms with Crippen molar-refractivity contribution in [1.82, 2.24) is 25.8 Å². The zero-order valence-electron chi connectivity index (χ0n) is 26.9. The molecule has 5 N–H and O–H groups in total. The summed E-state index contributed by atoms with van der Waals surface area (Å²) in [5.41, 5.74) is 1.95. The summed E-state index contributed by atoms with van der Waals surface area (Å²) < 4.78 is 19.1. The van der Waals surface area contributed by atoms with E-state index in [1.807, 2.05) is 6.92 Å². The molecular formula is C32H43FN6O5S. The highest BCUT2D eigenvalue weighted by atomic mass is 32.2. The van der Waals surface area contributed by atoms with Gasteiger partial charge in [0.2, 0.25) is 0 Å². The molecule has 0 aliphatic carbocycles. The predicted octanol–water partition coefficient (Wildman–Crippen LogP) is 5.11. The second-order valence-corrected chi connectivity index (χ2v) is 12.4. The fourth-order valence-corrected chi connectivity index (χ4v) is 5.59. The summed E-state index contributed by atoms with van der Waals surface area (Å²) in [5.74, 6) is -1.64. The average molecular weight is 643 g/mol. The normalized spacial score (nSPS) is 15.2. The number of carbonyl (C=O) groups excluding carboxylic acids is 3. The molecule has 3 amide bonds. The standard InChI is InChI=1S/C32H43FN6O5S/c1-8-39(9-2)16-15-35-28(41)25-19(3)23(37-20(25)4)18-24-27(40)26(30(45-24)38-22-12-10-11-21(33)17-22)29(42)34-13-14-36-31(43)44-32(5,6)7/h10-12,17-18,37,40H,8-9,13-16H2,1-7H3,(H,34,42)(H,35,41)(H,36,43)/b24-18+,38-30?. The molecule has 0 saturated heterocycles. The fourth-order valence-electron chi connectivity index (χ4n) is 4.56. The summed E-state index contributed by atoms with van der Waals surface area (Å²) in [6.45, 7) is 16.2. The molecule has 45 heavy (non-hydrogen) atoms. The van der Waals surface area contributed by atoms with Crippen molar-refractivity contribution in [2.45, 2.75) is 54.1 Å². The van der Waals surface area contributed by atoms with Gasteiger partial charge >= 0.3 is 6.09 Å². The molecule has 0 unspecified atom stereocenters. The van der Waals surface area contributed by atoms with Gasteiger partial charge in [-0.1, -0.05) is 31.7 Å². The van der Waals surface area contributed by atoms with Crippen molar-refractivity contribution >= 4 is 46.5 Å². The Labute approximate surface area is 267 Å². The van der Waals surface area contributed by atoms with Crippen molar-refractivity contribution in [2.24, 2.45) is 4.99 Å². The number of nitrogens with one attached hydrogen (secondary N) is 4. The maximum Gasteiger partial charge on any atom is 0.407 e. The number of H-pyrrole nitrogens is 1. The number of benzene rings is 1. The Hall–Kier alpha value is -4.10. The average Bonchev–Trinajstić information content (AvgIpc) is 3.41. The van der Waals surface area contributed by atoms with Gasteiger partial charge in [0.25, 0.3) is 11.8 Å². The summed E-state index contributed by atoms with van der Waals surface area (Å²) >= 11 is 1.04. The van der Waals surface area contributed by atoms with Crippen molar-refractivity contribution in [3.05, 3.63) is 68.8 Å². The number of halogens is 1. The van der Waals surface area contributed by atoms with Crippen LogP contribution in [0, 0.1) is 19.7 Å². The molecule has 1 aromatic heterocycles. The van der Waals surface area contributed by atoms with Gasteiger partial charge in [0.05, 0.1) is 16.2 Å². The van der Waals surface area contributed by atoms with E-state index in [9.17, 15) is 23.9 Å². The van der Waals surface area contributed by atoms with Crippen LogP contribution in [0.25, 0.3) is 6.08 Å². The van der Waals surface area contributed by atoms with Crippen LogP contribution in [0.5, 0.6) is 0 Å². The van der Waals surface area contributed by atoms with Gasteiger partial charge in [-0.2, -0.15) is 0 Å². The molecule has 11 nitrogen and oxygen atoms in total. The topological polar surface area (TPSA) is 148 Å². The molecule has 0 spiro atoms. The molecule has 1 aliphatic heterocycles. The monoisotopic (exact) mass is 642 g/mol. The predicted molar refractivity (Wildman–Crippen MR) is 176 cm³/mol. The van der Waals surface area contributed by atoms with E-state index in [2.05, 4.69) is 44.7 Å². The Morgan fingerprint density at radius 1 is 1.07 bits per heavy atom. The maximum absolute atomic E-state index is 13.9. The van der Waals surface area contributed by atoms with Crippen LogP contribution < -0.4 is 16.0 Å². The Bertz CT molecular complexity index is 1500. The van der Waals surface area contributed by atoms with Crippen LogP contribution in [0.1, 0.15) is 61.9 Å². The minimum absolute atomic E-state index is 0.0491. The highest BCUT2D eigenvalue weighted by Crippen LogP contribution is 2.40. The second-order valence-electron chi connectivity index (χ2n) is 11.4. The summed E-state index contributed by atoms with van der Waals surface area (Å²) in [7, 11) is 0. The number of thioether (sulfide) groups is 1. The van der Waals surface area contributed by atoms with Gasteiger partial charge in [0, 0.05) is 37.6 Å². The number of aliphatic imine (C=N–C) groups is 1. The minimum atomic E-state index is -0.665. The van der Waals surface area contributed by atoms with E-state index in [1.54, 1.807) is 39.8 Å². The zero-order chi connectivity index (χ0) is 33.3. The third kappa shape index (κ3) is 9.95. The van der Waals surface area contributed by atoms with Crippen molar-refractivity contribution in [1.29, 1.82) is 0 Å². The summed E-state index contributed by atoms with van der Waals surface area (Å²) in [6, 6.07) is 5.58. The first-order chi connectivity index (χ1) is 21.2. The van der Waals surface area contributed by atoms with Crippen molar-refractivity contribution < 1.29 is 28.6 Å². The molecule has 0 saturated carbocycles. The van der Waals surface area contributed by atoms with E-state index in [-0.39, 0.29) is 41.1 Å². The summed E-state index contributed by atoms with van der Waals surface area (Å²) in [6.07, 6.45) is 1.03. The molecule has 0 atom stereocenters. The molecule has 0 fully saturated rings. The minimum Gasteiger partial charge on any atom is -0.506 e. The maximum atomic E-state index is 13.9. The number of nitrogens with zero attached hydrogens (tertiary/aromatic N) is 2. The number of aliphatic hydroxyl groups is 1. The first kappa shape index (κ1) is 35.4. The molecule has 13 heteroatoms. The van der Waals surface area contributed by atoms with Gasteiger partial charge < -0.3 is 35.7 Å². The number of likely N-dealkylation sites (N-methyl/N-ethyl adjacent to an activating group) is 1. The van der Waals surface area contributed by atoms with Gasteiger partial charge in [-0.3, -0.25) is 9.59 Å². The molecule has 1 aromatic carbocycles. The second kappa shape index (κ2) is 15.8. The molecule has 2 aromatic rings. The number of hydrogen-bond acceptors (Lipinski definition) is 8. The van der Waals surface area contributed by atoms with Crippen LogP contribution in [0.3, 0.4) is 0 Å². The van der Waals surface area contributed by atoms with E-state index >= 15 is 0 Å². The fraction of sp³-hybridized carbons (Fsp3) is 0.438. The lowest BCUT2D eigenvalue weighted by atomic mass is 10.1. The number of hydrogen-bond donors (Lipinski definition) is 5. The van der Waals surface area contributed by atoms with E-state index in [1.165, 1.54) is 18.2 Å². The summed E-state index contributed by atoms with van der Waals surface area (Å²) in [4.78, 5) is 48.4. The molecule has 244 valence electrons. The van der Waals surface area contributed by atoms with Crippen LogP contribution >= 0.6 is 11.8 Å². The first-order valence-corrected chi connectivity index (χ1v) is 15.7. The Kier molecular flexibility index (Phi) is 12.4. The summed E-state index contributed by atoms with van der Waals surface area (Å²) in [5, 5.41) is 19.6. The smallest absolute Gasteiger partial charge is 0.407 e. The highest BCUT2D eigenvalue weighted by Gasteiger charge is 2.33. The Balaban J connectivity index is 1.85. The number of aromatic amines is 1. The number of amides is 3. The number of carbonyl (C=O) groups is 3. The number of ether oxygens (including phenoxy) is 1. The van der Waals surface area contributed by atoms with Gasteiger partial charge in [-0.25, -0.2) is 14.2 Å². The molecule has 1 aliphatic rings. The van der Waals surface area contributed by atoms with Gasteiger partial charge in [0.1, 0.15) is 27.8 Å². The number of rotatable bonds is 12. The van der Waals surface area contributed by atoms with E-state index < -0.39 is 23.4 Å². The van der Waals surface area contributed by atoms with Crippen LogP contribution in [-0.2, 0) is 9.53 Å². The molecule has 0 bridgehead atoms. The lowest BCUT2D eigenvalue weighted by molar-refractivity contribution is -0.117. The van der Waals surface area contributed by atoms with E-state index in [0.717, 1.165) is 31.4 Å². The van der Waals surface area contributed by atoms with Crippen LogP contribution in [0.2, 0.25) is 0 Å². The Morgan fingerprint density at radius 2 is 1.73 bits per heavy atom. The molecule has 2 heterocycles. The number of aliphatic hydroxyl groups excluding tert-OH is 1. The van der Waals surface area contributed by atoms with Crippen molar-refractivity contribution in [3.63, 3.8) is 0 Å². The van der Waals surface area contributed by atoms with Gasteiger partial charge in [-0.05, 0) is 77.5 Å². The van der Waals surface area contributed by atoms with Crippen LogP contribution in [0.15, 0.2) is 45.5 Å². The third-order valence-electron chi connectivity index (χ3n) is 6.82. The largest absolute Gasteiger partial charge is 0.506 e. The van der Waals surface area contributed by atoms with Crippen LogP contribution in [-0.4, -0.2) is 82.8 Å². The molecular weight excluding hydrogens is 599 g/mol.